The summed E-state index contributed by atoms with van der Waals surface area (Å²) in [6, 6.07) is 1.81. The van der Waals surface area contributed by atoms with Crippen LogP contribution in [0.1, 0.15) is 35.7 Å². The maximum Gasteiger partial charge on any atom is 0.177 e. The number of rotatable bonds is 6. The average molecular weight is 448 g/mol. The summed E-state index contributed by atoms with van der Waals surface area (Å²) < 4.78 is 49.8. The van der Waals surface area contributed by atoms with Gasteiger partial charge in [-0.25, -0.2) is 13.2 Å². The van der Waals surface area contributed by atoms with Gasteiger partial charge in [0.25, 0.3) is 0 Å². The molecule has 2 aliphatic rings. The molecule has 3 heterocycles. The van der Waals surface area contributed by atoms with Crippen LogP contribution in [0.2, 0.25) is 0 Å². The number of hydrogen-bond donors (Lipinski definition) is 2. The minimum absolute atomic E-state index is 0. The first-order valence-electron chi connectivity index (χ1n) is 9.77. The fraction of sp³-hybridized carbons (Fsp3) is 0.550. The molecular formula is C20H25ClF3N3OS. The summed E-state index contributed by atoms with van der Waals surface area (Å²) in [5.74, 6) is -2.61. The molecule has 1 saturated heterocycles. The molecule has 4 rings (SSSR count). The van der Waals surface area contributed by atoms with Crippen LogP contribution in [0.5, 0.6) is 0 Å². The zero-order chi connectivity index (χ0) is 19.7. The molecule has 0 spiro atoms. The number of nitrogens with zero attached hydrogens (tertiary/aromatic N) is 1. The Morgan fingerprint density at radius 1 is 1.17 bits per heavy atom. The van der Waals surface area contributed by atoms with Gasteiger partial charge in [0.15, 0.2) is 16.4 Å². The number of hydrogen-bond acceptors (Lipinski definition) is 3. The molecule has 1 fully saturated rings. The van der Waals surface area contributed by atoms with E-state index in [0.717, 1.165) is 69.1 Å². The van der Waals surface area contributed by atoms with Crippen molar-refractivity contribution < 1.29 is 17.9 Å². The van der Waals surface area contributed by atoms with Gasteiger partial charge in [0.1, 0.15) is 5.82 Å². The van der Waals surface area contributed by atoms with Crippen LogP contribution >= 0.6 is 24.6 Å². The first kappa shape index (κ1) is 22.3. The number of benzene rings is 1. The van der Waals surface area contributed by atoms with E-state index in [1.165, 1.54) is 0 Å². The zero-order valence-corrected chi connectivity index (χ0v) is 17.6. The first-order valence-corrected chi connectivity index (χ1v) is 10.2. The van der Waals surface area contributed by atoms with E-state index in [4.69, 9.17) is 17.0 Å². The van der Waals surface area contributed by atoms with Gasteiger partial charge in [-0.05, 0) is 56.1 Å². The van der Waals surface area contributed by atoms with Crippen LogP contribution in [0.4, 0.5) is 13.2 Å². The number of aromatic amines is 1. The second kappa shape index (κ2) is 9.64. The van der Waals surface area contributed by atoms with E-state index in [1.54, 1.807) is 0 Å². The predicted molar refractivity (Wildman–Crippen MR) is 110 cm³/mol. The van der Waals surface area contributed by atoms with Gasteiger partial charge >= 0.3 is 0 Å². The van der Waals surface area contributed by atoms with E-state index < -0.39 is 23.4 Å². The molecule has 29 heavy (non-hydrogen) atoms. The van der Waals surface area contributed by atoms with Gasteiger partial charge in [-0.3, -0.25) is 0 Å². The number of halogens is 4. The molecule has 160 valence electrons. The molecule has 0 bridgehead atoms. The van der Waals surface area contributed by atoms with E-state index in [9.17, 15) is 13.2 Å². The molecule has 0 saturated carbocycles. The molecular weight excluding hydrogens is 423 g/mol. The lowest BCUT2D eigenvalue weighted by atomic mass is 9.95. The molecule has 1 aromatic heterocycles. The number of H-pyrrole nitrogens is 1. The molecule has 1 atom stereocenters. The monoisotopic (exact) mass is 447 g/mol. The zero-order valence-electron chi connectivity index (χ0n) is 16.0. The highest BCUT2D eigenvalue weighted by Gasteiger charge is 2.31. The highest BCUT2D eigenvalue weighted by Crippen LogP contribution is 2.35. The maximum absolute atomic E-state index is 14.2. The summed E-state index contributed by atoms with van der Waals surface area (Å²) in [6.45, 7) is 3.79. The number of ether oxygens (including phenoxy) is 1. The molecule has 1 aromatic carbocycles. The standard InChI is InChI=1S/C20H24F3N3OS.ClH/c21-14-1-2-15(22)19(23)18(14)13-9-17-16(25-20(28)26(17)11-13)3-6-24-10-12-4-7-27-8-5-12;/h1-2,12-13,24H,3-11H2,(H,25,28);1H/t13-;/m0./s1. The molecule has 0 radical (unpaired) electrons. The minimum Gasteiger partial charge on any atom is -0.381 e. The van der Waals surface area contributed by atoms with Gasteiger partial charge in [0.05, 0.1) is 0 Å². The molecule has 0 unspecified atom stereocenters. The molecule has 4 nitrogen and oxygen atoms in total. The van der Waals surface area contributed by atoms with Crippen LogP contribution in [0, 0.1) is 28.1 Å². The summed E-state index contributed by atoms with van der Waals surface area (Å²) in [5.41, 5.74) is 1.77. The SMILES string of the molecule is Cl.Fc1ccc(F)c([C@H]2Cc3c(CCNCC4CCOCC4)[nH]c(=S)n3C2)c1F. The van der Waals surface area contributed by atoms with Crippen LogP contribution in [0.3, 0.4) is 0 Å². The van der Waals surface area contributed by atoms with Crippen molar-refractivity contribution in [1.82, 2.24) is 14.9 Å². The van der Waals surface area contributed by atoms with Crippen molar-refractivity contribution in [2.24, 2.45) is 5.92 Å². The highest BCUT2D eigenvalue weighted by molar-refractivity contribution is 7.71. The minimum atomic E-state index is -1.09. The third-order valence-electron chi connectivity index (χ3n) is 5.83. The van der Waals surface area contributed by atoms with Gasteiger partial charge in [0, 0.05) is 55.6 Å². The van der Waals surface area contributed by atoms with Crippen molar-refractivity contribution in [3.05, 3.63) is 51.3 Å². The van der Waals surface area contributed by atoms with Crippen molar-refractivity contribution in [2.75, 3.05) is 26.3 Å². The smallest absolute Gasteiger partial charge is 0.177 e. The number of aromatic nitrogens is 2. The molecule has 2 aromatic rings. The predicted octanol–water partition coefficient (Wildman–Crippen LogP) is 4.28. The van der Waals surface area contributed by atoms with Crippen LogP contribution in [0.25, 0.3) is 0 Å². The Bertz CT molecular complexity index is 911. The Balaban J connectivity index is 0.00000240. The van der Waals surface area contributed by atoms with E-state index in [1.807, 2.05) is 4.57 Å². The van der Waals surface area contributed by atoms with Gasteiger partial charge < -0.3 is 19.6 Å². The van der Waals surface area contributed by atoms with Gasteiger partial charge in [-0.2, -0.15) is 0 Å². The lowest BCUT2D eigenvalue weighted by Crippen LogP contribution is -2.29. The molecule has 0 amide bonds. The number of imidazole rings is 1. The average Bonchev–Trinajstić information content (AvgIpc) is 3.24. The van der Waals surface area contributed by atoms with Crippen LogP contribution in [-0.2, 0) is 24.1 Å². The number of nitrogens with one attached hydrogen (secondary N) is 2. The van der Waals surface area contributed by atoms with Crippen molar-refractivity contribution >= 4 is 24.6 Å². The fourth-order valence-corrected chi connectivity index (χ4v) is 4.59. The summed E-state index contributed by atoms with van der Waals surface area (Å²) >= 11 is 5.39. The second-order valence-electron chi connectivity index (χ2n) is 7.63. The van der Waals surface area contributed by atoms with E-state index in [0.29, 0.717) is 23.7 Å². The Kier molecular flexibility index (Phi) is 7.42. The van der Waals surface area contributed by atoms with Crippen molar-refractivity contribution in [3.8, 4) is 0 Å². The number of fused-ring (bicyclic) bond motifs is 1. The van der Waals surface area contributed by atoms with Crippen molar-refractivity contribution in [1.29, 1.82) is 0 Å². The van der Waals surface area contributed by atoms with Crippen molar-refractivity contribution in [3.63, 3.8) is 0 Å². The van der Waals surface area contributed by atoms with E-state index in [2.05, 4.69) is 10.3 Å². The molecule has 2 N–H and O–H groups in total. The first-order chi connectivity index (χ1) is 13.5. The molecule has 9 heteroatoms. The summed E-state index contributed by atoms with van der Waals surface area (Å²) in [5, 5.41) is 3.48. The lowest BCUT2D eigenvalue weighted by Gasteiger charge is -2.22. The van der Waals surface area contributed by atoms with Gasteiger partial charge in [0.2, 0.25) is 0 Å². The third-order valence-corrected chi connectivity index (χ3v) is 6.16. The topological polar surface area (TPSA) is 42.0 Å². The van der Waals surface area contributed by atoms with E-state index >= 15 is 0 Å². The molecule has 2 aliphatic heterocycles. The summed E-state index contributed by atoms with van der Waals surface area (Å²) in [7, 11) is 0. The highest BCUT2D eigenvalue weighted by atomic mass is 35.5. The van der Waals surface area contributed by atoms with Crippen molar-refractivity contribution in [2.45, 2.75) is 38.1 Å². The van der Waals surface area contributed by atoms with Crippen LogP contribution < -0.4 is 5.32 Å². The Labute approximate surface area is 179 Å². The lowest BCUT2D eigenvalue weighted by molar-refractivity contribution is 0.0664. The van der Waals surface area contributed by atoms with Gasteiger partial charge in [-0.1, -0.05) is 0 Å². The third kappa shape index (κ3) is 4.71. The normalized spacial score (nSPS) is 19.2. The molecule has 0 aliphatic carbocycles. The van der Waals surface area contributed by atoms with Crippen LogP contribution in [-0.4, -0.2) is 35.9 Å². The Morgan fingerprint density at radius 3 is 2.66 bits per heavy atom. The fourth-order valence-electron chi connectivity index (χ4n) is 4.29. The largest absolute Gasteiger partial charge is 0.381 e. The summed E-state index contributed by atoms with van der Waals surface area (Å²) in [4.78, 5) is 3.22. The Hall–Kier alpha value is -1.35. The maximum atomic E-state index is 14.2. The summed E-state index contributed by atoms with van der Waals surface area (Å²) in [6.07, 6.45) is 3.38. The quantitative estimate of drug-likeness (QED) is 0.394. The Morgan fingerprint density at radius 2 is 1.90 bits per heavy atom. The second-order valence-corrected chi connectivity index (χ2v) is 8.02. The van der Waals surface area contributed by atoms with E-state index in [-0.39, 0.29) is 18.0 Å². The van der Waals surface area contributed by atoms with Crippen LogP contribution in [0.15, 0.2) is 12.1 Å². The van der Waals surface area contributed by atoms with Gasteiger partial charge in [-0.15, -0.1) is 12.4 Å².